The standard InChI is InChI=1S/C25H36BNO3/c1-17-13-20-22(21(14-17)26-29-24(4,5)25(6,7)30-26)27(16-23(20,2)3)15-18-9-11-19(28-8)12-10-18/h9-12,14,20H,13,15-16H2,1-8H3. The molecule has 2 saturated heterocycles. The van der Waals surface area contributed by atoms with Crippen LogP contribution in [0.25, 0.3) is 0 Å². The summed E-state index contributed by atoms with van der Waals surface area (Å²) in [6.07, 6.45) is 3.42. The molecule has 4 nitrogen and oxygen atoms in total. The van der Waals surface area contributed by atoms with Crippen LogP contribution in [0.4, 0.5) is 0 Å². The Morgan fingerprint density at radius 3 is 2.20 bits per heavy atom. The molecular weight excluding hydrogens is 373 g/mol. The predicted octanol–water partition coefficient (Wildman–Crippen LogP) is 5.39. The van der Waals surface area contributed by atoms with Crippen molar-refractivity contribution in [1.82, 2.24) is 4.90 Å². The third kappa shape index (κ3) is 3.60. The monoisotopic (exact) mass is 409 g/mol. The van der Waals surface area contributed by atoms with E-state index < -0.39 is 0 Å². The second kappa shape index (κ2) is 7.17. The summed E-state index contributed by atoms with van der Waals surface area (Å²) in [5, 5.41) is 0. The van der Waals surface area contributed by atoms with Crippen LogP contribution in [-0.2, 0) is 15.9 Å². The first-order valence-electron chi connectivity index (χ1n) is 11.1. The van der Waals surface area contributed by atoms with Gasteiger partial charge in [-0.05, 0) is 64.2 Å². The molecular formula is C25H36BNO3. The van der Waals surface area contributed by atoms with E-state index in [4.69, 9.17) is 14.0 Å². The topological polar surface area (TPSA) is 30.9 Å². The molecule has 0 amide bonds. The highest BCUT2D eigenvalue weighted by Crippen LogP contribution is 2.51. The minimum Gasteiger partial charge on any atom is -0.497 e. The number of methoxy groups -OCH3 is 1. The van der Waals surface area contributed by atoms with Crippen molar-refractivity contribution in [2.75, 3.05) is 13.7 Å². The quantitative estimate of drug-likeness (QED) is 0.624. The van der Waals surface area contributed by atoms with E-state index in [-0.39, 0.29) is 23.7 Å². The summed E-state index contributed by atoms with van der Waals surface area (Å²) in [4.78, 5) is 2.55. The Balaban J connectivity index is 1.73. The van der Waals surface area contributed by atoms with Gasteiger partial charge in [-0.3, -0.25) is 0 Å². The fourth-order valence-electron chi connectivity index (χ4n) is 5.01. The van der Waals surface area contributed by atoms with Crippen molar-refractivity contribution in [3.05, 3.63) is 52.6 Å². The number of hydrogen-bond acceptors (Lipinski definition) is 4. The maximum atomic E-state index is 6.49. The highest BCUT2D eigenvalue weighted by atomic mass is 16.7. The van der Waals surface area contributed by atoms with E-state index in [9.17, 15) is 0 Å². The molecule has 4 rings (SSSR count). The summed E-state index contributed by atoms with van der Waals surface area (Å²) < 4.78 is 18.3. The average molecular weight is 409 g/mol. The van der Waals surface area contributed by atoms with Crippen molar-refractivity contribution in [3.63, 3.8) is 0 Å². The molecule has 1 aromatic carbocycles. The molecule has 0 spiro atoms. The lowest BCUT2D eigenvalue weighted by Crippen LogP contribution is -2.41. The van der Waals surface area contributed by atoms with Crippen molar-refractivity contribution in [2.24, 2.45) is 11.3 Å². The molecule has 1 unspecified atom stereocenters. The van der Waals surface area contributed by atoms with E-state index >= 15 is 0 Å². The minimum absolute atomic E-state index is 0.201. The highest BCUT2D eigenvalue weighted by molar-refractivity contribution is 6.56. The molecule has 0 N–H and O–H groups in total. The maximum absolute atomic E-state index is 6.49. The van der Waals surface area contributed by atoms with Crippen LogP contribution >= 0.6 is 0 Å². The summed E-state index contributed by atoms with van der Waals surface area (Å²) >= 11 is 0. The lowest BCUT2D eigenvalue weighted by Gasteiger charge is -2.32. The van der Waals surface area contributed by atoms with Gasteiger partial charge in [-0.15, -0.1) is 0 Å². The van der Waals surface area contributed by atoms with E-state index in [1.807, 2.05) is 12.1 Å². The largest absolute Gasteiger partial charge is 0.497 e. The van der Waals surface area contributed by atoms with Gasteiger partial charge in [0.1, 0.15) is 5.75 Å². The van der Waals surface area contributed by atoms with Gasteiger partial charge in [0.05, 0.1) is 18.3 Å². The minimum atomic E-state index is -0.338. The van der Waals surface area contributed by atoms with Crippen LogP contribution in [0.2, 0.25) is 0 Å². The second-order valence-corrected chi connectivity index (χ2v) is 10.9. The van der Waals surface area contributed by atoms with Crippen LogP contribution in [0.5, 0.6) is 5.75 Å². The van der Waals surface area contributed by atoms with E-state index in [1.165, 1.54) is 22.3 Å². The van der Waals surface area contributed by atoms with Gasteiger partial charge in [0, 0.05) is 30.2 Å². The van der Waals surface area contributed by atoms with Crippen LogP contribution < -0.4 is 4.74 Å². The summed E-state index contributed by atoms with van der Waals surface area (Å²) in [7, 11) is 1.39. The van der Waals surface area contributed by atoms with Crippen molar-refractivity contribution < 1.29 is 14.0 Å². The molecule has 0 radical (unpaired) electrons. The zero-order chi connectivity index (χ0) is 21.9. The molecule has 30 heavy (non-hydrogen) atoms. The third-order valence-electron chi connectivity index (χ3n) is 7.48. The van der Waals surface area contributed by atoms with Crippen molar-refractivity contribution >= 4 is 7.12 Å². The van der Waals surface area contributed by atoms with E-state index in [1.54, 1.807) is 7.11 Å². The summed E-state index contributed by atoms with van der Waals surface area (Å²) in [6, 6.07) is 8.42. The molecule has 2 aliphatic heterocycles. The van der Waals surface area contributed by atoms with Gasteiger partial charge in [-0.1, -0.05) is 37.6 Å². The first-order chi connectivity index (χ1) is 13.9. The van der Waals surface area contributed by atoms with Gasteiger partial charge in [-0.25, -0.2) is 0 Å². The van der Waals surface area contributed by atoms with Crippen LogP contribution in [0, 0.1) is 11.3 Å². The first kappa shape index (κ1) is 21.5. The van der Waals surface area contributed by atoms with Gasteiger partial charge in [0.15, 0.2) is 0 Å². The number of benzene rings is 1. The molecule has 3 aliphatic rings. The smallest absolute Gasteiger partial charge is 0.496 e. The van der Waals surface area contributed by atoms with Gasteiger partial charge in [0.2, 0.25) is 0 Å². The highest BCUT2D eigenvalue weighted by Gasteiger charge is 2.55. The van der Waals surface area contributed by atoms with Crippen LogP contribution in [-0.4, -0.2) is 36.9 Å². The molecule has 0 aromatic heterocycles. The lowest BCUT2D eigenvalue weighted by molar-refractivity contribution is 0.00578. The van der Waals surface area contributed by atoms with E-state index in [0.29, 0.717) is 5.92 Å². The molecule has 0 bridgehead atoms. The van der Waals surface area contributed by atoms with Crippen LogP contribution in [0.15, 0.2) is 47.1 Å². The van der Waals surface area contributed by atoms with Crippen molar-refractivity contribution in [2.45, 2.75) is 72.6 Å². The normalized spacial score (nSPS) is 26.7. The third-order valence-corrected chi connectivity index (χ3v) is 7.48. The molecule has 1 atom stereocenters. The Hall–Kier alpha value is -1.72. The second-order valence-electron chi connectivity index (χ2n) is 10.9. The summed E-state index contributed by atoms with van der Waals surface area (Å²) in [6.45, 7) is 17.5. The maximum Gasteiger partial charge on any atom is 0.496 e. The molecule has 0 saturated carbocycles. The average Bonchev–Trinajstić information content (AvgIpc) is 3.03. The number of rotatable bonds is 4. The fraction of sp³-hybridized carbons (Fsp3) is 0.600. The lowest BCUT2D eigenvalue weighted by atomic mass is 9.66. The number of hydrogen-bond donors (Lipinski definition) is 0. The number of allylic oxidation sites excluding steroid dienone is 4. The molecule has 1 aliphatic carbocycles. The van der Waals surface area contributed by atoms with Crippen LogP contribution in [0.1, 0.15) is 60.5 Å². The van der Waals surface area contributed by atoms with Gasteiger partial charge < -0.3 is 18.9 Å². The van der Waals surface area contributed by atoms with E-state index in [0.717, 1.165) is 25.3 Å². The first-order valence-corrected chi connectivity index (χ1v) is 11.1. The molecule has 5 heteroatoms. The number of fused-ring (bicyclic) bond motifs is 1. The van der Waals surface area contributed by atoms with Gasteiger partial charge >= 0.3 is 7.12 Å². The van der Waals surface area contributed by atoms with Gasteiger partial charge in [-0.2, -0.15) is 0 Å². The zero-order valence-corrected chi connectivity index (χ0v) is 19.8. The van der Waals surface area contributed by atoms with Gasteiger partial charge in [0.25, 0.3) is 0 Å². The van der Waals surface area contributed by atoms with Crippen molar-refractivity contribution in [1.29, 1.82) is 0 Å². The number of ether oxygens (including phenoxy) is 1. The molecule has 2 fully saturated rings. The Bertz CT molecular complexity index is 866. The summed E-state index contributed by atoms with van der Waals surface area (Å²) in [5.74, 6) is 1.38. The zero-order valence-electron chi connectivity index (χ0n) is 19.8. The fourth-order valence-corrected chi connectivity index (χ4v) is 5.01. The Labute approximate surface area is 182 Å². The summed E-state index contributed by atoms with van der Waals surface area (Å²) in [5.41, 5.74) is 4.84. The number of likely N-dealkylation sites (tertiary alicyclic amines) is 1. The van der Waals surface area contributed by atoms with Crippen molar-refractivity contribution in [3.8, 4) is 5.75 Å². The Kier molecular flexibility index (Phi) is 5.14. The Morgan fingerprint density at radius 2 is 1.63 bits per heavy atom. The predicted molar refractivity (Wildman–Crippen MR) is 122 cm³/mol. The molecule has 2 heterocycles. The Morgan fingerprint density at radius 1 is 1.03 bits per heavy atom. The number of nitrogens with zero attached hydrogens (tertiary/aromatic N) is 1. The van der Waals surface area contributed by atoms with Crippen LogP contribution in [0.3, 0.4) is 0 Å². The van der Waals surface area contributed by atoms with E-state index in [2.05, 4.69) is 71.6 Å². The SMILES string of the molecule is COc1ccc(CN2CC(C)(C)C3CC(C)=CC(B4OC(C)(C)C(C)(C)O4)=C32)cc1. The molecule has 1 aromatic rings. The molecule has 162 valence electrons.